The minimum atomic E-state index is -0.732. The van der Waals surface area contributed by atoms with Crippen molar-refractivity contribution in [2.24, 2.45) is 11.8 Å². The topological polar surface area (TPSA) is 69.6 Å². The Balaban J connectivity index is 1.77. The largest absolute Gasteiger partial charge is 0.481 e. The number of aliphatic carboxylic acids is 1. The Bertz CT molecular complexity index is 373. The van der Waals surface area contributed by atoms with Gasteiger partial charge in [-0.25, -0.2) is 4.79 Å². The van der Waals surface area contributed by atoms with Gasteiger partial charge in [0.2, 0.25) is 0 Å². The highest BCUT2D eigenvalue weighted by Crippen LogP contribution is 2.26. The van der Waals surface area contributed by atoms with Crippen LogP contribution in [0.5, 0.6) is 0 Å². The Hall–Kier alpha value is -1.26. The van der Waals surface area contributed by atoms with Crippen molar-refractivity contribution in [3.05, 3.63) is 0 Å². The second-order valence-electron chi connectivity index (χ2n) is 6.57. The van der Waals surface area contributed by atoms with Crippen molar-refractivity contribution in [2.75, 3.05) is 13.1 Å². The maximum absolute atomic E-state index is 12.3. The number of amides is 2. The second kappa shape index (κ2) is 7.66. The molecule has 1 heterocycles. The molecule has 5 heteroatoms. The van der Waals surface area contributed by atoms with Gasteiger partial charge in [0.1, 0.15) is 0 Å². The average Bonchev–Trinajstić information content (AvgIpc) is 2.78. The minimum Gasteiger partial charge on any atom is -0.481 e. The number of hydrogen-bond acceptors (Lipinski definition) is 2. The zero-order valence-corrected chi connectivity index (χ0v) is 13.0. The summed E-state index contributed by atoms with van der Waals surface area (Å²) in [5, 5.41) is 12.0. The molecular weight excluding hydrogens is 268 g/mol. The number of nitrogens with zero attached hydrogens (tertiary/aromatic N) is 1. The molecule has 1 saturated carbocycles. The van der Waals surface area contributed by atoms with Crippen LogP contribution >= 0.6 is 0 Å². The fourth-order valence-corrected chi connectivity index (χ4v) is 3.67. The Labute approximate surface area is 127 Å². The summed E-state index contributed by atoms with van der Waals surface area (Å²) in [7, 11) is 0. The van der Waals surface area contributed by atoms with E-state index in [0.29, 0.717) is 12.8 Å². The Morgan fingerprint density at radius 3 is 2.67 bits per heavy atom. The summed E-state index contributed by atoms with van der Waals surface area (Å²) in [6.07, 6.45) is 7.93. The average molecular weight is 296 g/mol. The molecule has 2 amide bonds. The molecular formula is C16H28N2O3. The van der Waals surface area contributed by atoms with E-state index in [-0.39, 0.29) is 18.0 Å². The van der Waals surface area contributed by atoms with E-state index in [1.165, 1.54) is 19.3 Å². The number of carboxylic acids is 1. The van der Waals surface area contributed by atoms with E-state index >= 15 is 0 Å². The number of likely N-dealkylation sites (tertiary alicyclic amines) is 1. The summed E-state index contributed by atoms with van der Waals surface area (Å²) in [6, 6.07) is 0.0384. The van der Waals surface area contributed by atoms with Gasteiger partial charge in [-0.15, -0.1) is 0 Å². The normalized spacial score (nSPS) is 30.0. The van der Waals surface area contributed by atoms with Crippen molar-refractivity contribution in [3.8, 4) is 0 Å². The first-order chi connectivity index (χ1) is 10.1. The lowest BCUT2D eigenvalue weighted by atomic mass is 9.96. The van der Waals surface area contributed by atoms with Gasteiger partial charge in [0.25, 0.3) is 0 Å². The van der Waals surface area contributed by atoms with Crippen LogP contribution in [0.1, 0.15) is 58.3 Å². The van der Waals surface area contributed by atoms with Crippen molar-refractivity contribution in [2.45, 2.75) is 64.3 Å². The Kier molecular flexibility index (Phi) is 5.88. The lowest BCUT2D eigenvalue weighted by Crippen LogP contribution is -2.44. The third-order valence-electron chi connectivity index (χ3n) is 4.94. The number of nitrogens with one attached hydrogen (secondary N) is 1. The van der Waals surface area contributed by atoms with Gasteiger partial charge in [-0.2, -0.15) is 0 Å². The van der Waals surface area contributed by atoms with Gasteiger partial charge in [0.15, 0.2) is 0 Å². The molecule has 3 unspecified atom stereocenters. The van der Waals surface area contributed by atoms with Gasteiger partial charge in [-0.05, 0) is 44.4 Å². The van der Waals surface area contributed by atoms with E-state index in [4.69, 9.17) is 5.11 Å². The first kappa shape index (κ1) is 16.1. The van der Waals surface area contributed by atoms with Crippen LogP contribution in [0.15, 0.2) is 0 Å². The second-order valence-corrected chi connectivity index (χ2v) is 6.57. The molecule has 1 aliphatic carbocycles. The fraction of sp³-hybridized carbons (Fsp3) is 0.875. The summed E-state index contributed by atoms with van der Waals surface area (Å²) < 4.78 is 0. The molecule has 1 aliphatic heterocycles. The number of carbonyl (C=O) groups is 2. The van der Waals surface area contributed by atoms with E-state index in [9.17, 15) is 9.59 Å². The van der Waals surface area contributed by atoms with Crippen molar-refractivity contribution < 1.29 is 14.7 Å². The molecule has 2 fully saturated rings. The minimum absolute atomic E-state index is 0.00295. The highest BCUT2D eigenvalue weighted by Gasteiger charge is 2.31. The quantitative estimate of drug-likeness (QED) is 0.838. The molecule has 0 spiro atoms. The zero-order valence-electron chi connectivity index (χ0n) is 13.0. The molecule has 0 aromatic rings. The molecule has 0 aromatic heterocycles. The van der Waals surface area contributed by atoms with Crippen LogP contribution < -0.4 is 5.32 Å². The SMILES string of the molecule is CCCC1CCCN(C(=O)NC2CCC(C(=O)O)C2)CC1. The van der Waals surface area contributed by atoms with Crippen LogP contribution in [0, 0.1) is 11.8 Å². The van der Waals surface area contributed by atoms with Crippen LogP contribution in [0.25, 0.3) is 0 Å². The van der Waals surface area contributed by atoms with E-state index in [0.717, 1.165) is 38.3 Å². The highest BCUT2D eigenvalue weighted by atomic mass is 16.4. The molecule has 0 bridgehead atoms. The number of carbonyl (C=O) groups excluding carboxylic acids is 1. The standard InChI is InChI=1S/C16H28N2O3/c1-2-4-12-5-3-9-18(10-8-12)16(21)17-14-7-6-13(11-14)15(19)20/h12-14H,2-11H2,1H3,(H,17,21)(H,19,20). The zero-order chi connectivity index (χ0) is 15.2. The molecule has 1 saturated heterocycles. The maximum Gasteiger partial charge on any atom is 0.317 e. The summed E-state index contributed by atoms with van der Waals surface area (Å²) >= 11 is 0. The molecule has 0 aromatic carbocycles. The van der Waals surface area contributed by atoms with E-state index in [1.54, 1.807) is 0 Å². The Morgan fingerprint density at radius 2 is 2.00 bits per heavy atom. The number of urea groups is 1. The van der Waals surface area contributed by atoms with Crippen molar-refractivity contribution in [1.29, 1.82) is 0 Å². The molecule has 0 radical (unpaired) electrons. The van der Waals surface area contributed by atoms with Gasteiger partial charge >= 0.3 is 12.0 Å². The van der Waals surface area contributed by atoms with Crippen molar-refractivity contribution >= 4 is 12.0 Å². The van der Waals surface area contributed by atoms with E-state index < -0.39 is 5.97 Å². The monoisotopic (exact) mass is 296 g/mol. The molecule has 2 N–H and O–H groups in total. The summed E-state index contributed by atoms with van der Waals surface area (Å²) in [5.41, 5.74) is 0. The summed E-state index contributed by atoms with van der Waals surface area (Å²) in [4.78, 5) is 25.2. The van der Waals surface area contributed by atoms with Gasteiger partial charge in [-0.3, -0.25) is 4.79 Å². The first-order valence-corrected chi connectivity index (χ1v) is 8.38. The lowest BCUT2D eigenvalue weighted by molar-refractivity contribution is -0.141. The molecule has 3 atom stereocenters. The third kappa shape index (κ3) is 4.61. The van der Waals surface area contributed by atoms with Gasteiger partial charge in [0, 0.05) is 19.1 Å². The number of hydrogen-bond donors (Lipinski definition) is 2. The number of rotatable bonds is 4. The predicted molar refractivity (Wildman–Crippen MR) is 81.1 cm³/mol. The van der Waals surface area contributed by atoms with Crippen molar-refractivity contribution in [3.63, 3.8) is 0 Å². The molecule has 2 rings (SSSR count). The third-order valence-corrected chi connectivity index (χ3v) is 4.94. The summed E-state index contributed by atoms with van der Waals surface area (Å²) in [5.74, 6) is -0.257. The van der Waals surface area contributed by atoms with Crippen LogP contribution in [0.3, 0.4) is 0 Å². The number of carboxylic acid groups (broad SMARTS) is 1. The van der Waals surface area contributed by atoms with Crippen LogP contribution in [-0.4, -0.2) is 41.1 Å². The Morgan fingerprint density at radius 1 is 1.19 bits per heavy atom. The van der Waals surface area contributed by atoms with Gasteiger partial charge < -0.3 is 15.3 Å². The van der Waals surface area contributed by atoms with Gasteiger partial charge in [0.05, 0.1) is 5.92 Å². The van der Waals surface area contributed by atoms with Crippen molar-refractivity contribution in [1.82, 2.24) is 10.2 Å². The first-order valence-electron chi connectivity index (χ1n) is 8.38. The fourth-order valence-electron chi connectivity index (χ4n) is 3.67. The lowest BCUT2D eigenvalue weighted by Gasteiger charge is -2.23. The van der Waals surface area contributed by atoms with E-state index in [1.807, 2.05) is 4.90 Å². The molecule has 2 aliphatic rings. The molecule has 21 heavy (non-hydrogen) atoms. The summed E-state index contributed by atoms with van der Waals surface area (Å²) in [6.45, 7) is 3.89. The van der Waals surface area contributed by atoms with E-state index in [2.05, 4.69) is 12.2 Å². The predicted octanol–water partition coefficient (Wildman–Crippen LogP) is 2.85. The highest BCUT2D eigenvalue weighted by molar-refractivity contribution is 5.75. The maximum atomic E-state index is 12.3. The molecule has 120 valence electrons. The van der Waals surface area contributed by atoms with Crippen LogP contribution in [0.2, 0.25) is 0 Å². The smallest absolute Gasteiger partial charge is 0.317 e. The van der Waals surface area contributed by atoms with Crippen LogP contribution in [-0.2, 0) is 4.79 Å². The van der Waals surface area contributed by atoms with Crippen LogP contribution in [0.4, 0.5) is 4.79 Å². The van der Waals surface area contributed by atoms with Gasteiger partial charge in [-0.1, -0.05) is 19.8 Å². The molecule has 5 nitrogen and oxygen atoms in total.